The number of unbranched alkanes of at least 4 members (excludes halogenated alkanes) is 2. The summed E-state index contributed by atoms with van der Waals surface area (Å²) in [6.07, 6.45) is 4.84. The summed E-state index contributed by atoms with van der Waals surface area (Å²) in [5.41, 5.74) is 10.8. The maximum absolute atomic E-state index is 11.0. The van der Waals surface area contributed by atoms with Crippen LogP contribution >= 0.6 is 12.6 Å². The Kier molecular flexibility index (Phi) is 8.49. The number of hydrogen-bond acceptors (Lipinski definition) is 3. The molecule has 13 heavy (non-hydrogen) atoms. The van der Waals surface area contributed by atoms with Crippen LogP contribution in [-0.2, 0) is 4.79 Å². The molecule has 0 aromatic rings. The maximum atomic E-state index is 11.0. The molecule has 0 amide bonds. The minimum Gasteiger partial charge on any atom is -0.330 e. The Morgan fingerprint density at radius 3 is 2.23 bits per heavy atom. The van der Waals surface area contributed by atoms with Gasteiger partial charge in [-0.3, -0.25) is 4.79 Å². The highest BCUT2D eigenvalue weighted by molar-refractivity contribution is 7.96. The summed E-state index contributed by atoms with van der Waals surface area (Å²) >= 11 is 3.83. The first-order valence-corrected chi connectivity index (χ1v) is 5.30. The number of rotatable bonds is 8. The van der Waals surface area contributed by atoms with Crippen LogP contribution in [-0.4, -0.2) is 18.2 Å². The van der Waals surface area contributed by atoms with E-state index in [2.05, 4.69) is 12.6 Å². The zero-order chi connectivity index (χ0) is 10.1. The molecule has 0 aromatic carbocycles. The molecular formula is C9H20N2OS. The first kappa shape index (κ1) is 12.9. The minimum absolute atomic E-state index is 0.0294. The molecule has 1 atom stereocenters. The molecule has 1 unspecified atom stereocenters. The molecule has 78 valence electrons. The first-order valence-electron chi connectivity index (χ1n) is 4.85. The van der Waals surface area contributed by atoms with Crippen LogP contribution < -0.4 is 11.5 Å². The lowest BCUT2D eigenvalue weighted by atomic mass is 9.99. The number of carbonyl (C=O) groups excluding carboxylic acids is 1. The van der Waals surface area contributed by atoms with Crippen molar-refractivity contribution in [3.63, 3.8) is 0 Å². The fraction of sp³-hybridized carbons (Fsp3) is 0.889. The molecule has 0 saturated heterocycles. The Morgan fingerprint density at radius 2 is 1.77 bits per heavy atom. The molecule has 0 fully saturated rings. The molecule has 0 spiro atoms. The molecule has 4 heteroatoms. The fourth-order valence-electron chi connectivity index (χ4n) is 1.30. The molecule has 0 bridgehead atoms. The summed E-state index contributed by atoms with van der Waals surface area (Å²) in [5, 5.41) is -0.0294. The van der Waals surface area contributed by atoms with Crippen LogP contribution in [0.15, 0.2) is 0 Å². The van der Waals surface area contributed by atoms with Crippen LogP contribution in [0.25, 0.3) is 0 Å². The third-order valence-electron chi connectivity index (χ3n) is 2.12. The lowest BCUT2D eigenvalue weighted by Crippen LogP contribution is -2.14. The van der Waals surface area contributed by atoms with E-state index in [1.54, 1.807) is 0 Å². The predicted octanol–water partition coefficient (Wildman–Crippen LogP) is 0.927. The van der Waals surface area contributed by atoms with Gasteiger partial charge in [0.05, 0.1) is 0 Å². The van der Waals surface area contributed by atoms with Gasteiger partial charge < -0.3 is 11.5 Å². The molecule has 0 aliphatic carbocycles. The van der Waals surface area contributed by atoms with E-state index >= 15 is 0 Å². The normalized spacial score (nSPS) is 12.8. The molecule has 0 saturated carbocycles. The Hall–Kier alpha value is -0.0600. The van der Waals surface area contributed by atoms with Gasteiger partial charge in [0, 0.05) is 5.92 Å². The Balaban J connectivity index is 3.51. The zero-order valence-corrected chi connectivity index (χ0v) is 8.93. The second-order valence-electron chi connectivity index (χ2n) is 3.25. The van der Waals surface area contributed by atoms with Gasteiger partial charge in [0.15, 0.2) is 5.12 Å². The Morgan fingerprint density at radius 1 is 1.08 bits per heavy atom. The monoisotopic (exact) mass is 204 g/mol. The van der Waals surface area contributed by atoms with Crippen molar-refractivity contribution in [2.45, 2.75) is 32.1 Å². The molecule has 0 aliphatic rings. The SMILES string of the molecule is NCCCCCC(CCN)C(=O)S. The van der Waals surface area contributed by atoms with Crippen LogP contribution in [0.2, 0.25) is 0 Å². The van der Waals surface area contributed by atoms with Crippen LogP contribution in [0, 0.1) is 5.92 Å². The Labute approximate surface area is 85.7 Å². The van der Waals surface area contributed by atoms with Gasteiger partial charge in [-0.2, -0.15) is 0 Å². The van der Waals surface area contributed by atoms with Gasteiger partial charge in [-0.1, -0.05) is 12.8 Å². The van der Waals surface area contributed by atoms with Gasteiger partial charge in [-0.15, -0.1) is 12.6 Å². The number of nitrogens with two attached hydrogens (primary N) is 2. The highest BCUT2D eigenvalue weighted by Crippen LogP contribution is 2.15. The van der Waals surface area contributed by atoms with E-state index < -0.39 is 0 Å². The summed E-state index contributed by atoms with van der Waals surface area (Å²) < 4.78 is 0. The molecule has 0 rings (SSSR count). The van der Waals surface area contributed by atoms with Crippen LogP contribution in [0.1, 0.15) is 32.1 Å². The van der Waals surface area contributed by atoms with Crippen LogP contribution in [0.5, 0.6) is 0 Å². The van der Waals surface area contributed by atoms with Crippen LogP contribution in [0.4, 0.5) is 0 Å². The molecule has 0 aromatic heterocycles. The van der Waals surface area contributed by atoms with Crippen molar-refractivity contribution in [2.24, 2.45) is 17.4 Å². The van der Waals surface area contributed by atoms with E-state index in [-0.39, 0.29) is 11.0 Å². The van der Waals surface area contributed by atoms with E-state index in [1.807, 2.05) is 0 Å². The molecule has 0 radical (unpaired) electrons. The Bertz CT molecular complexity index is 142. The number of thiol groups is 1. The maximum Gasteiger partial charge on any atom is 0.189 e. The largest absolute Gasteiger partial charge is 0.330 e. The zero-order valence-electron chi connectivity index (χ0n) is 8.04. The van der Waals surface area contributed by atoms with E-state index in [0.29, 0.717) is 6.54 Å². The number of carbonyl (C=O) groups is 1. The third kappa shape index (κ3) is 7.05. The lowest BCUT2D eigenvalue weighted by Gasteiger charge is -2.10. The van der Waals surface area contributed by atoms with E-state index in [4.69, 9.17) is 11.5 Å². The van der Waals surface area contributed by atoms with Gasteiger partial charge >= 0.3 is 0 Å². The van der Waals surface area contributed by atoms with Crippen molar-refractivity contribution in [3.05, 3.63) is 0 Å². The van der Waals surface area contributed by atoms with Crippen molar-refractivity contribution >= 4 is 17.7 Å². The summed E-state index contributed by atoms with van der Waals surface area (Å²) in [7, 11) is 0. The van der Waals surface area contributed by atoms with Crippen molar-refractivity contribution < 1.29 is 4.79 Å². The highest BCUT2D eigenvalue weighted by Gasteiger charge is 2.12. The average molecular weight is 204 g/mol. The third-order valence-corrected chi connectivity index (χ3v) is 2.49. The summed E-state index contributed by atoms with van der Waals surface area (Å²) in [6, 6.07) is 0. The first-order chi connectivity index (χ1) is 6.22. The smallest absolute Gasteiger partial charge is 0.189 e. The topological polar surface area (TPSA) is 69.1 Å². The summed E-state index contributed by atoms with van der Waals surface area (Å²) in [4.78, 5) is 11.0. The summed E-state index contributed by atoms with van der Waals surface area (Å²) in [6.45, 7) is 1.30. The minimum atomic E-state index is -0.0294. The van der Waals surface area contributed by atoms with Gasteiger partial charge in [-0.05, 0) is 32.4 Å². The highest BCUT2D eigenvalue weighted by atomic mass is 32.1. The molecular weight excluding hydrogens is 184 g/mol. The second-order valence-corrected chi connectivity index (χ2v) is 3.69. The second kappa shape index (κ2) is 8.53. The molecule has 0 heterocycles. The van der Waals surface area contributed by atoms with Gasteiger partial charge in [-0.25, -0.2) is 0 Å². The lowest BCUT2D eigenvalue weighted by molar-refractivity contribution is -0.114. The standard InChI is InChI=1S/C9H20N2OS/c10-6-3-1-2-4-8(5-7-11)9(12)13/h8H,1-7,10-11H2,(H,12,13). The van der Waals surface area contributed by atoms with E-state index in [1.165, 1.54) is 0 Å². The van der Waals surface area contributed by atoms with Gasteiger partial charge in [0.25, 0.3) is 0 Å². The van der Waals surface area contributed by atoms with Gasteiger partial charge in [0.1, 0.15) is 0 Å². The molecule has 3 nitrogen and oxygen atoms in total. The van der Waals surface area contributed by atoms with Gasteiger partial charge in [0.2, 0.25) is 0 Å². The molecule has 0 aliphatic heterocycles. The van der Waals surface area contributed by atoms with Crippen molar-refractivity contribution in [3.8, 4) is 0 Å². The average Bonchev–Trinajstić information content (AvgIpc) is 2.10. The molecule has 4 N–H and O–H groups in total. The number of hydrogen-bond donors (Lipinski definition) is 3. The predicted molar refractivity (Wildman–Crippen MR) is 58.7 cm³/mol. The van der Waals surface area contributed by atoms with Crippen LogP contribution in [0.3, 0.4) is 0 Å². The van der Waals surface area contributed by atoms with E-state index in [0.717, 1.165) is 38.6 Å². The van der Waals surface area contributed by atoms with Crippen molar-refractivity contribution in [2.75, 3.05) is 13.1 Å². The quantitative estimate of drug-likeness (QED) is 0.407. The fourth-order valence-corrected chi connectivity index (χ4v) is 1.56. The van der Waals surface area contributed by atoms with E-state index in [9.17, 15) is 4.79 Å². The van der Waals surface area contributed by atoms with Crippen molar-refractivity contribution in [1.82, 2.24) is 0 Å². The van der Waals surface area contributed by atoms with Crippen molar-refractivity contribution in [1.29, 1.82) is 0 Å². The summed E-state index contributed by atoms with van der Waals surface area (Å²) in [5.74, 6) is 0.0473.